The monoisotopic (exact) mass is 298 g/mol. The number of rotatable bonds is 5. The molecular formula is C12H12F2N4OS. The topological polar surface area (TPSA) is 63.6 Å². The third kappa shape index (κ3) is 3.77. The Morgan fingerprint density at radius 2 is 2.35 bits per heavy atom. The van der Waals surface area contributed by atoms with Gasteiger partial charge in [-0.05, 0) is 19.4 Å². The smallest absolute Gasteiger partial charge is 0.266 e. The summed E-state index contributed by atoms with van der Waals surface area (Å²) in [6.45, 7) is 1.78. The van der Waals surface area contributed by atoms with Crippen LogP contribution >= 0.6 is 11.8 Å². The molecule has 0 bridgehead atoms. The summed E-state index contributed by atoms with van der Waals surface area (Å²) >= 11 is 1.28. The molecule has 106 valence electrons. The van der Waals surface area contributed by atoms with Gasteiger partial charge in [0.2, 0.25) is 0 Å². The number of aryl methyl sites for hydroxylation is 1. The Hall–Kier alpha value is -1.96. The van der Waals surface area contributed by atoms with E-state index in [0.717, 1.165) is 11.8 Å². The van der Waals surface area contributed by atoms with Crippen molar-refractivity contribution >= 4 is 11.8 Å². The van der Waals surface area contributed by atoms with Gasteiger partial charge in [-0.1, -0.05) is 11.8 Å². The summed E-state index contributed by atoms with van der Waals surface area (Å²) in [5.74, 6) is 0.997. The van der Waals surface area contributed by atoms with Gasteiger partial charge in [-0.2, -0.15) is 8.78 Å². The normalized spacial score (nSPS) is 10.6. The fraction of sp³-hybridized carbons (Fsp3) is 0.250. The molecule has 20 heavy (non-hydrogen) atoms. The van der Waals surface area contributed by atoms with Crippen LogP contribution in [0.25, 0.3) is 5.82 Å². The molecule has 2 aromatic heterocycles. The first-order chi connectivity index (χ1) is 9.56. The summed E-state index contributed by atoms with van der Waals surface area (Å²) in [6.07, 6.45) is 0.999. The molecule has 0 saturated heterocycles. The Kier molecular flexibility index (Phi) is 4.67. The molecule has 0 saturated carbocycles. The molecule has 0 atom stereocenters. The van der Waals surface area contributed by atoms with E-state index in [1.165, 1.54) is 17.8 Å². The van der Waals surface area contributed by atoms with Crippen molar-refractivity contribution in [3.63, 3.8) is 0 Å². The number of hydrogen-bond acceptors (Lipinski definition) is 4. The minimum atomic E-state index is -1.68. The van der Waals surface area contributed by atoms with Crippen LogP contribution in [0.5, 0.6) is 0 Å². The van der Waals surface area contributed by atoms with Gasteiger partial charge in [0.1, 0.15) is 0 Å². The molecule has 0 aliphatic heterocycles. The average molecular weight is 298 g/mol. The first kappa shape index (κ1) is 14.4. The number of aromatic amines is 1. The number of nitrogens with one attached hydrogen (secondary N) is 1. The number of hydrogen-bond donors (Lipinski definition) is 1. The number of allylic oxidation sites excluding steroid dienone is 1. The van der Waals surface area contributed by atoms with E-state index in [1.54, 1.807) is 23.9 Å². The summed E-state index contributed by atoms with van der Waals surface area (Å²) in [5, 5.41) is 3.10. The quantitative estimate of drug-likeness (QED) is 0.523. The second kappa shape index (κ2) is 6.47. The van der Waals surface area contributed by atoms with Crippen LogP contribution in [0.4, 0.5) is 8.78 Å². The van der Waals surface area contributed by atoms with E-state index in [2.05, 4.69) is 15.1 Å². The largest absolute Gasteiger partial charge is 0.268 e. The molecule has 0 aliphatic rings. The van der Waals surface area contributed by atoms with E-state index in [9.17, 15) is 13.6 Å². The molecule has 1 N–H and O–H groups in total. The van der Waals surface area contributed by atoms with Gasteiger partial charge >= 0.3 is 0 Å². The van der Waals surface area contributed by atoms with Crippen LogP contribution in [0.1, 0.15) is 12.1 Å². The summed E-state index contributed by atoms with van der Waals surface area (Å²) in [4.78, 5) is 19.6. The highest BCUT2D eigenvalue weighted by Gasteiger charge is 2.05. The molecule has 0 amide bonds. The third-order valence-electron chi connectivity index (χ3n) is 2.41. The van der Waals surface area contributed by atoms with E-state index in [-0.39, 0.29) is 12.0 Å². The Morgan fingerprint density at radius 1 is 1.55 bits per heavy atom. The highest BCUT2D eigenvalue weighted by Crippen LogP contribution is 2.16. The molecule has 2 heterocycles. The Bertz CT molecular complexity index is 676. The highest BCUT2D eigenvalue weighted by atomic mass is 32.2. The van der Waals surface area contributed by atoms with Gasteiger partial charge < -0.3 is 0 Å². The molecule has 5 nitrogen and oxygen atoms in total. The fourth-order valence-corrected chi connectivity index (χ4v) is 2.28. The van der Waals surface area contributed by atoms with Crippen molar-refractivity contribution in [2.75, 3.05) is 5.75 Å². The van der Waals surface area contributed by atoms with Gasteiger partial charge in [-0.15, -0.1) is 0 Å². The number of H-pyrrole nitrogens is 1. The standard InChI is InChI=1S/C12H12F2N4OS/c1-8-7-11(19)17-18(8)10-4-5-15-12(16-10)20-6-2-3-9(13)14/h3-5,7H,2,6H2,1H3,(H,17,19). The highest BCUT2D eigenvalue weighted by molar-refractivity contribution is 7.99. The average Bonchev–Trinajstić information content (AvgIpc) is 2.74. The van der Waals surface area contributed by atoms with Crippen LogP contribution in [0.15, 0.2) is 40.4 Å². The predicted octanol–water partition coefficient (Wildman–Crippen LogP) is 2.53. The molecule has 0 fully saturated rings. The van der Waals surface area contributed by atoms with Crippen LogP contribution in [-0.4, -0.2) is 25.5 Å². The van der Waals surface area contributed by atoms with E-state index in [0.29, 0.717) is 16.7 Å². The van der Waals surface area contributed by atoms with Gasteiger partial charge in [0, 0.05) is 29.8 Å². The predicted molar refractivity (Wildman–Crippen MR) is 72.4 cm³/mol. The number of halogens is 2. The van der Waals surface area contributed by atoms with Crippen molar-refractivity contribution in [1.29, 1.82) is 0 Å². The lowest BCUT2D eigenvalue weighted by Gasteiger charge is -2.05. The van der Waals surface area contributed by atoms with E-state index >= 15 is 0 Å². The fourth-order valence-electron chi connectivity index (χ4n) is 1.57. The maximum Gasteiger partial charge on any atom is 0.266 e. The van der Waals surface area contributed by atoms with Gasteiger partial charge in [-0.3, -0.25) is 9.89 Å². The van der Waals surface area contributed by atoms with Crippen molar-refractivity contribution in [2.45, 2.75) is 18.5 Å². The summed E-state index contributed by atoms with van der Waals surface area (Å²) < 4.78 is 25.3. The van der Waals surface area contributed by atoms with Crippen LogP contribution < -0.4 is 5.56 Å². The summed E-state index contributed by atoms with van der Waals surface area (Å²) in [5.41, 5.74) is 0.519. The molecule has 0 radical (unpaired) electrons. The molecule has 0 aromatic carbocycles. The SMILES string of the molecule is Cc1cc(=O)[nH]n1-c1ccnc(SCCC=C(F)F)n1. The maximum absolute atomic E-state index is 11.9. The number of thioether (sulfide) groups is 1. The van der Waals surface area contributed by atoms with Crippen molar-refractivity contribution in [1.82, 2.24) is 19.7 Å². The van der Waals surface area contributed by atoms with Crippen molar-refractivity contribution < 1.29 is 8.78 Å². The van der Waals surface area contributed by atoms with Crippen molar-refractivity contribution in [3.8, 4) is 5.82 Å². The Labute approximate surface area is 117 Å². The van der Waals surface area contributed by atoms with Crippen molar-refractivity contribution in [3.05, 3.63) is 46.5 Å². The lowest BCUT2D eigenvalue weighted by atomic mass is 10.5. The van der Waals surface area contributed by atoms with Gasteiger partial charge in [0.05, 0.1) is 0 Å². The van der Waals surface area contributed by atoms with Crippen LogP contribution in [0.2, 0.25) is 0 Å². The lowest BCUT2D eigenvalue weighted by Crippen LogP contribution is -2.07. The Morgan fingerprint density at radius 3 is 3.00 bits per heavy atom. The van der Waals surface area contributed by atoms with E-state index < -0.39 is 6.08 Å². The number of nitrogens with zero attached hydrogens (tertiary/aromatic N) is 3. The molecule has 0 unspecified atom stereocenters. The second-order valence-corrected chi connectivity index (χ2v) is 4.99. The number of aromatic nitrogens is 4. The first-order valence-electron chi connectivity index (χ1n) is 5.82. The lowest BCUT2D eigenvalue weighted by molar-refractivity contribution is 0.418. The zero-order chi connectivity index (χ0) is 14.5. The van der Waals surface area contributed by atoms with E-state index in [4.69, 9.17) is 0 Å². The van der Waals surface area contributed by atoms with Gasteiger partial charge in [0.15, 0.2) is 11.0 Å². The minimum Gasteiger partial charge on any atom is -0.268 e. The van der Waals surface area contributed by atoms with Crippen LogP contribution in [0.3, 0.4) is 0 Å². The van der Waals surface area contributed by atoms with Crippen molar-refractivity contribution in [2.24, 2.45) is 0 Å². The van der Waals surface area contributed by atoms with Gasteiger partial charge in [0.25, 0.3) is 11.6 Å². The maximum atomic E-state index is 11.9. The first-order valence-corrected chi connectivity index (χ1v) is 6.81. The second-order valence-electron chi connectivity index (χ2n) is 3.93. The molecule has 2 aromatic rings. The molecule has 0 aliphatic carbocycles. The molecule has 0 spiro atoms. The molecular weight excluding hydrogens is 286 g/mol. The van der Waals surface area contributed by atoms with Crippen LogP contribution in [0, 0.1) is 6.92 Å². The minimum absolute atomic E-state index is 0.209. The summed E-state index contributed by atoms with van der Waals surface area (Å²) in [7, 11) is 0. The third-order valence-corrected chi connectivity index (χ3v) is 3.30. The molecule has 8 heteroatoms. The zero-order valence-corrected chi connectivity index (χ0v) is 11.5. The summed E-state index contributed by atoms with van der Waals surface area (Å²) in [6, 6.07) is 3.12. The Balaban J connectivity index is 2.10. The van der Waals surface area contributed by atoms with Gasteiger partial charge in [-0.25, -0.2) is 14.6 Å². The van der Waals surface area contributed by atoms with E-state index in [1.807, 2.05) is 0 Å². The van der Waals surface area contributed by atoms with Crippen LogP contribution in [-0.2, 0) is 0 Å². The zero-order valence-electron chi connectivity index (χ0n) is 10.6. The molecule has 2 rings (SSSR count).